The molecule has 2 heterocycles. The first-order valence-corrected chi connectivity index (χ1v) is 7.37. The highest BCUT2D eigenvalue weighted by atomic mass is 79.9. The minimum Gasteiger partial charge on any atom is -0.349 e. The van der Waals surface area contributed by atoms with Gasteiger partial charge < -0.3 is 13.7 Å². The predicted octanol–water partition coefficient (Wildman–Crippen LogP) is 1.92. The molecule has 2 aromatic heterocycles. The van der Waals surface area contributed by atoms with E-state index in [9.17, 15) is 9.59 Å². The monoisotopic (exact) mass is 339 g/mol. The Kier molecular flexibility index (Phi) is 3.60. The topological polar surface area (TPSA) is 70.0 Å². The van der Waals surface area contributed by atoms with Crippen LogP contribution in [0.1, 0.15) is 37.4 Å². The van der Waals surface area contributed by atoms with Crippen molar-refractivity contribution >= 4 is 15.9 Å². The number of halogens is 1. The molecule has 0 N–H and O–H groups in total. The molecule has 0 spiro atoms. The van der Waals surface area contributed by atoms with Gasteiger partial charge in [-0.05, 0) is 28.8 Å². The number of hydrogen-bond acceptors (Lipinski definition) is 4. The van der Waals surface area contributed by atoms with E-state index in [0.717, 1.165) is 25.7 Å². The lowest BCUT2D eigenvalue weighted by Gasteiger charge is -2.13. The van der Waals surface area contributed by atoms with E-state index in [4.69, 9.17) is 4.52 Å². The number of rotatable bonds is 3. The van der Waals surface area contributed by atoms with Gasteiger partial charge in [0.2, 0.25) is 4.67 Å². The molecule has 0 amide bonds. The summed E-state index contributed by atoms with van der Waals surface area (Å²) in [4.78, 5) is 24.3. The Labute approximate surface area is 123 Å². The van der Waals surface area contributed by atoms with Crippen molar-refractivity contribution in [1.82, 2.24) is 14.3 Å². The van der Waals surface area contributed by atoms with E-state index < -0.39 is 11.1 Å². The van der Waals surface area contributed by atoms with Crippen LogP contribution in [0.3, 0.4) is 0 Å². The largest absolute Gasteiger partial charge is 0.349 e. The van der Waals surface area contributed by atoms with Gasteiger partial charge in [-0.25, -0.2) is 0 Å². The average molecular weight is 340 g/mol. The highest BCUT2D eigenvalue weighted by Gasteiger charge is 2.19. The summed E-state index contributed by atoms with van der Waals surface area (Å²) in [6, 6.07) is 1.85. The SMILES string of the molecule is O=c1c(=O)n(C2CCCC2)ccn1Cc1cc(Br)on1. The van der Waals surface area contributed by atoms with Crippen molar-refractivity contribution in [2.75, 3.05) is 0 Å². The molecule has 6 nitrogen and oxygen atoms in total. The Morgan fingerprint density at radius 2 is 2.00 bits per heavy atom. The van der Waals surface area contributed by atoms with Crippen LogP contribution in [-0.2, 0) is 6.54 Å². The van der Waals surface area contributed by atoms with Crippen molar-refractivity contribution in [3.05, 3.63) is 49.5 Å². The Morgan fingerprint density at radius 3 is 2.65 bits per heavy atom. The number of nitrogens with zero attached hydrogens (tertiary/aromatic N) is 3. The second kappa shape index (κ2) is 5.40. The van der Waals surface area contributed by atoms with Gasteiger partial charge in [-0.2, -0.15) is 0 Å². The summed E-state index contributed by atoms with van der Waals surface area (Å²) in [6.45, 7) is 0.231. The quantitative estimate of drug-likeness (QED) is 0.801. The Hall–Kier alpha value is -1.63. The molecule has 0 aliphatic heterocycles. The van der Waals surface area contributed by atoms with E-state index in [1.165, 1.54) is 4.57 Å². The molecule has 1 aliphatic carbocycles. The van der Waals surface area contributed by atoms with Crippen LogP contribution in [0.15, 0.2) is 37.2 Å². The summed E-state index contributed by atoms with van der Waals surface area (Å²) in [6.07, 6.45) is 7.53. The second-order valence-corrected chi connectivity index (χ2v) is 5.79. The molecule has 2 aromatic rings. The fourth-order valence-corrected chi connectivity index (χ4v) is 2.99. The van der Waals surface area contributed by atoms with Gasteiger partial charge in [-0.3, -0.25) is 9.59 Å². The fourth-order valence-electron chi connectivity index (χ4n) is 2.65. The van der Waals surface area contributed by atoms with Crippen molar-refractivity contribution in [1.29, 1.82) is 0 Å². The van der Waals surface area contributed by atoms with Crippen LogP contribution in [0, 0.1) is 0 Å². The zero-order valence-electron chi connectivity index (χ0n) is 10.8. The van der Waals surface area contributed by atoms with Crippen LogP contribution in [0.5, 0.6) is 0 Å². The highest BCUT2D eigenvalue weighted by Crippen LogP contribution is 2.27. The van der Waals surface area contributed by atoms with Gasteiger partial charge in [0.25, 0.3) is 0 Å². The van der Waals surface area contributed by atoms with E-state index >= 15 is 0 Å². The van der Waals surface area contributed by atoms with Crippen LogP contribution in [0.4, 0.5) is 0 Å². The van der Waals surface area contributed by atoms with Crippen LogP contribution in [-0.4, -0.2) is 14.3 Å². The molecule has 106 valence electrons. The maximum Gasteiger partial charge on any atom is 0.316 e. The van der Waals surface area contributed by atoms with Gasteiger partial charge in [0.15, 0.2) is 0 Å². The lowest BCUT2D eigenvalue weighted by Crippen LogP contribution is -2.41. The van der Waals surface area contributed by atoms with Crippen LogP contribution in [0.2, 0.25) is 0 Å². The third-order valence-electron chi connectivity index (χ3n) is 3.67. The first kappa shape index (κ1) is 13.4. The van der Waals surface area contributed by atoms with Gasteiger partial charge in [0, 0.05) is 24.5 Å². The molecule has 0 saturated heterocycles. The molecule has 7 heteroatoms. The molecule has 0 atom stereocenters. The van der Waals surface area contributed by atoms with Crippen molar-refractivity contribution in [2.24, 2.45) is 0 Å². The van der Waals surface area contributed by atoms with Crippen molar-refractivity contribution < 1.29 is 4.52 Å². The van der Waals surface area contributed by atoms with Crippen molar-refractivity contribution in [3.63, 3.8) is 0 Å². The summed E-state index contributed by atoms with van der Waals surface area (Å²) >= 11 is 3.15. The van der Waals surface area contributed by atoms with Crippen LogP contribution in [0.25, 0.3) is 0 Å². The molecule has 20 heavy (non-hydrogen) atoms. The maximum atomic E-state index is 12.1. The van der Waals surface area contributed by atoms with E-state index in [1.54, 1.807) is 23.0 Å². The predicted molar refractivity (Wildman–Crippen MR) is 75.8 cm³/mol. The minimum atomic E-state index is -0.515. The maximum absolute atomic E-state index is 12.1. The Balaban J connectivity index is 1.92. The first-order chi connectivity index (χ1) is 9.65. The van der Waals surface area contributed by atoms with E-state index in [0.29, 0.717) is 10.4 Å². The molecule has 0 aromatic carbocycles. The molecular formula is C13H14BrN3O3. The van der Waals surface area contributed by atoms with Crippen molar-refractivity contribution in [3.8, 4) is 0 Å². The molecule has 0 bridgehead atoms. The zero-order valence-corrected chi connectivity index (χ0v) is 12.4. The average Bonchev–Trinajstić information content (AvgIpc) is 3.07. The van der Waals surface area contributed by atoms with Gasteiger partial charge >= 0.3 is 11.1 Å². The molecule has 1 fully saturated rings. The number of aromatic nitrogens is 3. The Bertz CT molecular complexity index is 725. The number of hydrogen-bond donors (Lipinski definition) is 0. The molecule has 1 aliphatic rings. The molecule has 1 saturated carbocycles. The lowest BCUT2D eigenvalue weighted by molar-refractivity contribution is 0.390. The summed E-state index contributed by atoms with van der Waals surface area (Å²) in [5.41, 5.74) is -0.377. The van der Waals surface area contributed by atoms with Crippen LogP contribution >= 0.6 is 15.9 Å². The summed E-state index contributed by atoms with van der Waals surface area (Å²) < 4.78 is 8.31. The van der Waals surface area contributed by atoms with E-state index in [-0.39, 0.29) is 12.6 Å². The van der Waals surface area contributed by atoms with Gasteiger partial charge in [0.1, 0.15) is 5.69 Å². The first-order valence-electron chi connectivity index (χ1n) is 6.58. The van der Waals surface area contributed by atoms with Gasteiger partial charge in [-0.1, -0.05) is 18.0 Å². The molecule has 0 unspecified atom stereocenters. The standard InChI is InChI=1S/C13H14BrN3O3/c14-11-7-9(15-20-11)8-16-5-6-17(13(19)12(16)18)10-3-1-2-4-10/h5-7,10H,1-4,8H2. The Morgan fingerprint density at radius 1 is 1.25 bits per heavy atom. The summed E-state index contributed by atoms with van der Waals surface area (Å²) in [5.74, 6) is 0. The van der Waals surface area contributed by atoms with Crippen LogP contribution < -0.4 is 11.1 Å². The van der Waals surface area contributed by atoms with Gasteiger partial charge in [0.05, 0.1) is 6.54 Å². The third kappa shape index (κ3) is 2.49. The zero-order chi connectivity index (χ0) is 14.1. The lowest BCUT2D eigenvalue weighted by atomic mass is 10.2. The second-order valence-electron chi connectivity index (χ2n) is 5.00. The summed E-state index contributed by atoms with van der Waals surface area (Å²) in [7, 11) is 0. The molecular weight excluding hydrogens is 326 g/mol. The van der Waals surface area contributed by atoms with Gasteiger partial charge in [-0.15, -0.1) is 0 Å². The third-order valence-corrected chi connectivity index (χ3v) is 4.04. The van der Waals surface area contributed by atoms with Crippen molar-refractivity contribution in [2.45, 2.75) is 38.3 Å². The smallest absolute Gasteiger partial charge is 0.316 e. The highest BCUT2D eigenvalue weighted by molar-refractivity contribution is 9.10. The normalized spacial score (nSPS) is 15.8. The fraction of sp³-hybridized carbons (Fsp3) is 0.462. The molecule has 0 radical (unpaired) electrons. The summed E-state index contributed by atoms with van der Waals surface area (Å²) in [5, 5.41) is 3.79. The van der Waals surface area contributed by atoms with E-state index in [2.05, 4.69) is 21.1 Å². The van der Waals surface area contributed by atoms with E-state index in [1.807, 2.05) is 0 Å². The molecule has 3 rings (SSSR count). The minimum absolute atomic E-state index is 0.172.